The third kappa shape index (κ3) is 3.08. The van der Waals surface area contributed by atoms with Gasteiger partial charge in [-0.2, -0.15) is 0 Å². The lowest BCUT2D eigenvalue weighted by Crippen LogP contribution is -2.83. The summed E-state index contributed by atoms with van der Waals surface area (Å²) in [5.41, 5.74) is 2.38. The average molecular weight is 274 g/mol. The van der Waals surface area contributed by atoms with E-state index in [0.717, 1.165) is 36.6 Å². The van der Waals surface area contributed by atoms with Crippen LogP contribution in [0.15, 0.2) is 42.5 Å². The Labute approximate surface area is 117 Å². The Morgan fingerprint density at radius 3 is 2.55 bits per heavy atom. The minimum absolute atomic E-state index is 0.182. The molecule has 2 aromatic carbocycles. The quantitative estimate of drug-likeness (QED) is 0.845. The molecule has 3 nitrogen and oxygen atoms in total. The molecule has 0 saturated heterocycles. The molecule has 0 amide bonds. The van der Waals surface area contributed by atoms with E-state index in [-0.39, 0.29) is 5.82 Å². The predicted octanol–water partition coefficient (Wildman–Crippen LogP) is 1.86. The minimum atomic E-state index is -0.182. The van der Waals surface area contributed by atoms with Gasteiger partial charge >= 0.3 is 0 Å². The molecular weight excluding hydrogens is 257 g/mol. The number of halogens is 1. The van der Waals surface area contributed by atoms with Crippen molar-refractivity contribution in [2.75, 3.05) is 13.3 Å². The number of quaternary nitrogens is 1. The van der Waals surface area contributed by atoms with Crippen molar-refractivity contribution in [2.45, 2.75) is 13.0 Å². The van der Waals surface area contributed by atoms with Gasteiger partial charge in [0.2, 0.25) is 6.79 Å². The van der Waals surface area contributed by atoms with Crippen molar-refractivity contribution in [3.8, 4) is 11.5 Å². The van der Waals surface area contributed by atoms with Crippen LogP contribution in [0.3, 0.4) is 0 Å². The maximum atomic E-state index is 12.8. The SMILES string of the molecule is Fc1ccc(CC[NH2+]Cc2ccc3c(c2)OCO3)cc1. The summed E-state index contributed by atoms with van der Waals surface area (Å²) >= 11 is 0. The van der Waals surface area contributed by atoms with Gasteiger partial charge in [-0.1, -0.05) is 12.1 Å². The van der Waals surface area contributed by atoms with Crippen molar-refractivity contribution in [2.24, 2.45) is 0 Å². The van der Waals surface area contributed by atoms with Crippen LogP contribution < -0.4 is 14.8 Å². The van der Waals surface area contributed by atoms with Crippen molar-refractivity contribution in [1.29, 1.82) is 0 Å². The van der Waals surface area contributed by atoms with Crippen LogP contribution in [-0.4, -0.2) is 13.3 Å². The summed E-state index contributed by atoms with van der Waals surface area (Å²) in [7, 11) is 0. The molecule has 2 aromatic rings. The molecule has 0 radical (unpaired) electrons. The van der Waals surface area contributed by atoms with Crippen LogP contribution in [0.25, 0.3) is 0 Å². The molecule has 0 fully saturated rings. The lowest BCUT2D eigenvalue weighted by Gasteiger charge is -2.04. The first kappa shape index (κ1) is 12.9. The monoisotopic (exact) mass is 274 g/mol. The minimum Gasteiger partial charge on any atom is -0.454 e. The lowest BCUT2D eigenvalue weighted by molar-refractivity contribution is -0.670. The number of nitrogens with two attached hydrogens (primary N) is 1. The number of hydrogen-bond donors (Lipinski definition) is 1. The summed E-state index contributed by atoms with van der Waals surface area (Å²) in [5, 5.41) is 2.24. The van der Waals surface area contributed by atoms with Gasteiger partial charge in [-0.3, -0.25) is 0 Å². The number of benzene rings is 2. The van der Waals surface area contributed by atoms with Crippen LogP contribution >= 0.6 is 0 Å². The summed E-state index contributed by atoms with van der Waals surface area (Å²) in [6.45, 7) is 2.19. The lowest BCUT2D eigenvalue weighted by atomic mass is 10.1. The molecule has 20 heavy (non-hydrogen) atoms. The molecule has 1 heterocycles. The van der Waals surface area contributed by atoms with Gasteiger partial charge in [0.05, 0.1) is 6.54 Å². The highest BCUT2D eigenvalue weighted by atomic mass is 19.1. The maximum absolute atomic E-state index is 12.8. The van der Waals surface area contributed by atoms with E-state index < -0.39 is 0 Å². The van der Waals surface area contributed by atoms with Gasteiger partial charge in [-0.25, -0.2) is 4.39 Å². The van der Waals surface area contributed by atoms with E-state index in [1.54, 1.807) is 0 Å². The van der Waals surface area contributed by atoms with Crippen LogP contribution in [0.5, 0.6) is 11.5 Å². The topological polar surface area (TPSA) is 35.1 Å². The maximum Gasteiger partial charge on any atom is 0.231 e. The highest BCUT2D eigenvalue weighted by Gasteiger charge is 2.13. The van der Waals surface area contributed by atoms with Crippen molar-refractivity contribution in [3.05, 3.63) is 59.4 Å². The molecule has 0 saturated carbocycles. The van der Waals surface area contributed by atoms with Gasteiger partial charge in [-0.05, 0) is 35.9 Å². The van der Waals surface area contributed by atoms with Gasteiger partial charge in [0.25, 0.3) is 0 Å². The van der Waals surface area contributed by atoms with Gasteiger partial charge in [-0.15, -0.1) is 0 Å². The Bertz CT molecular complexity index is 584. The molecule has 0 bridgehead atoms. The third-order valence-electron chi connectivity index (χ3n) is 3.37. The van der Waals surface area contributed by atoms with E-state index in [4.69, 9.17) is 9.47 Å². The molecule has 1 aliphatic rings. The van der Waals surface area contributed by atoms with E-state index >= 15 is 0 Å². The Morgan fingerprint density at radius 1 is 0.950 bits per heavy atom. The molecule has 104 valence electrons. The molecule has 0 atom stereocenters. The van der Waals surface area contributed by atoms with E-state index in [0.29, 0.717) is 6.79 Å². The zero-order valence-electron chi connectivity index (χ0n) is 11.1. The molecule has 3 rings (SSSR count). The Balaban J connectivity index is 1.47. The van der Waals surface area contributed by atoms with Crippen molar-refractivity contribution in [1.82, 2.24) is 0 Å². The largest absolute Gasteiger partial charge is 0.454 e. The average Bonchev–Trinajstić information content (AvgIpc) is 2.93. The normalized spacial score (nSPS) is 12.7. The smallest absolute Gasteiger partial charge is 0.231 e. The Kier molecular flexibility index (Phi) is 3.83. The Hall–Kier alpha value is -2.07. The molecule has 0 unspecified atom stereocenters. The van der Waals surface area contributed by atoms with Crippen LogP contribution in [0.2, 0.25) is 0 Å². The van der Waals surface area contributed by atoms with Gasteiger partial charge in [0.1, 0.15) is 12.4 Å². The highest BCUT2D eigenvalue weighted by molar-refractivity contribution is 5.44. The Morgan fingerprint density at radius 2 is 1.70 bits per heavy atom. The number of ether oxygens (including phenoxy) is 2. The molecular formula is C16H17FNO2+. The zero-order chi connectivity index (χ0) is 13.8. The van der Waals surface area contributed by atoms with E-state index in [9.17, 15) is 4.39 Å². The first-order valence-corrected chi connectivity index (χ1v) is 6.76. The molecule has 0 aromatic heterocycles. The number of fused-ring (bicyclic) bond motifs is 1. The number of rotatable bonds is 5. The van der Waals surface area contributed by atoms with E-state index in [1.165, 1.54) is 17.7 Å². The first-order chi connectivity index (χ1) is 9.81. The summed E-state index contributed by atoms with van der Waals surface area (Å²) in [6, 6.07) is 12.7. The summed E-state index contributed by atoms with van der Waals surface area (Å²) in [4.78, 5) is 0. The van der Waals surface area contributed by atoms with Crippen molar-refractivity contribution >= 4 is 0 Å². The second-order valence-corrected chi connectivity index (χ2v) is 4.85. The molecule has 1 aliphatic heterocycles. The van der Waals surface area contributed by atoms with Crippen molar-refractivity contribution < 1.29 is 19.2 Å². The summed E-state index contributed by atoms with van der Waals surface area (Å²) in [6.07, 6.45) is 0.935. The van der Waals surface area contributed by atoms with Crippen LogP contribution in [-0.2, 0) is 13.0 Å². The fourth-order valence-electron chi connectivity index (χ4n) is 2.26. The predicted molar refractivity (Wildman–Crippen MR) is 73.2 cm³/mol. The van der Waals surface area contributed by atoms with Crippen molar-refractivity contribution in [3.63, 3.8) is 0 Å². The fraction of sp³-hybridized carbons (Fsp3) is 0.250. The van der Waals surface area contributed by atoms with E-state index in [2.05, 4.69) is 11.4 Å². The standard InChI is InChI=1S/C16H16FNO2/c17-14-4-1-12(2-5-14)7-8-18-10-13-3-6-15-16(9-13)20-11-19-15/h1-6,9,18H,7-8,10-11H2/p+1. The zero-order valence-corrected chi connectivity index (χ0v) is 11.1. The third-order valence-corrected chi connectivity index (χ3v) is 3.37. The number of hydrogen-bond acceptors (Lipinski definition) is 2. The molecule has 0 spiro atoms. The van der Waals surface area contributed by atoms with Crippen LogP contribution in [0, 0.1) is 5.82 Å². The van der Waals surface area contributed by atoms with Gasteiger partial charge in [0, 0.05) is 12.0 Å². The van der Waals surface area contributed by atoms with Gasteiger partial charge in [0.15, 0.2) is 11.5 Å². The first-order valence-electron chi connectivity index (χ1n) is 6.76. The fourth-order valence-corrected chi connectivity index (χ4v) is 2.26. The molecule has 0 aliphatic carbocycles. The van der Waals surface area contributed by atoms with Crippen LogP contribution in [0.4, 0.5) is 4.39 Å². The second kappa shape index (κ2) is 5.92. The second-order valence-electron chi connectivity index (χ2n) is 4.85. The molecule has 4 heteroatoms. The van der Waals surface area contributed by atoms with Gasteiger partial charge < -0.3 is 14.8 Å². The molecule has 2 N–H and O–H groups in total. The summed E-state index contributed by atoms with van der Waals surface area (Å²) in [5.74, 6) is 1.47. The summed E-state index contributed by atoms with van der Waals surface area (Å²) < 4.78 is 23.4. The highest BCUT2D eigenvalue weighted by Crippen LogP contribution is 2.32. The van der Waals surface area contributed by atoms with E-state index in [1.807, 2.05) is 24.3 Å². The van der Waals surface area contributed by atoms with Crippen LogP contribution in [0.1, 0.15) is 11.1 Å².